The number of nitrogens with zero attached hydrogens (tertiary/aromatic N) is 3. The minimum atomic E-state index is -0.286. The lowest BCUT2D eigenvalue weighted by molar-refractivity contribution is 0.00656. The van der Waals surface area contributed by atoms with Gasteiger partial charge in [0, 0.05) is 64.1 Å². The second-order valence-corrected chi connectivity index (χ2v) is 6.56. The highest BCUT2D eigenvalue weighted by molar-refractivity contribution is 5.51. The van der Waals surface area contributed by atoms with Crippen LogP contribution in [0.1, 0.15) is 0 Å². The third kappa shape index (κ3) is 4.83. The zero-order chi connectivity index (χ0) is 16.8. The van der Waals surface area contributed by atoms with Crippen LogP contribution in [-0.2, 0) is 4.74 Å². The summed E-state index contributed by atoms with van der Waals surface area (Å²) in [6, 6.07) is 8.22. The molecule has 0 amide bonds. The highest BCUT2D eigenvalue weighted by Gasteiger charge is 2.21. The maximum Gasteiger partial charge on any atom is 0.120 e. The van der Waals surface area contributed by atoms with E-state index in [1.54, 1.807) is 7.11 Å². The van der Waals surface area contributed by atoms with E-state index >= 15 is 0 Å². The van der Waals surface area contributed by atoms with E-state index in [2.05, 4.69) is 26.8 Å². The summed E-state index contributed by atoms with van der Waals surface area (Å²) >= 11 is 0. The summed E-state index contributed by atoms with van der Waals surface area (Å²) in [6.07, 6.45) is -0.286. The zero-order valence-corrected chi connectivity index (χ0v) is 14.6. The van der Waals surface area contributed by atoms with Crippen LogP contribution in [0.4, 0.5) is 5.69 Å². The van der Waals surface area contributed by atoms with Gasteiger partial charge in [-0.1, -0.05) is 6.07 Å². The number of ether oxygens (including phenoxy) is 2. The van der Waals surface area contributed by atoms with Crippen LogP contribution in [0.15, 0.2) is 24.3 Å². The van der Waals surface area contributed by atoms with Gasteiger partial charge >= 0.3 is 0 Å². The molecule has 134 valence electrons. The first-order valence-electron chi connectivity index (χ1n) is 8.84. The first kappa shape index (κ1) is 17.5. The van der Waals surface area contributed by atoms with Crippen molar-refractivity contribution in [2.45, 2.75) is 6.10 Å². The molecule has 0 radical (unpaired) electrons. The Kier molecular flexibility index (Phi) is 6.31. The Morgan fingerprint density at radius 2 is 1.71 bits per heavy atom. The van der Waals surface area contributed by atoms with Crippen LogP contribution in [0, 0.1) is 0 Å². The quantitative estimate of drug-likeness (QED) is 0.817. The number of hydrogen-bond donors (Lipinski definition) is 1. The Bertz CT molecular complexity index is 500. The fourth-order valence-corrected chi connectivity index (χ4v) is 3.43. The van der Waals surface area contributed by atoms with E-state index in [0.717, 1.165) is 71.3 Å². The van der Waals surface area contributed by atoms with Crippen LogP contribution in [0.3, 0.4) is 0 Å². The topological polar surface area (TPSA) is 48.4 Å². The Hall–Kier alpha value is -1.34. The third-order valence-corrected chi connectivity index (χ3v) is 4.83. The van der Waals surface area contributed by atoms with E-state index in [-0.39, 0.29) is 6.10 Å². The van der Waals surface area contributed by atoms with E-state index in [1.165, 1.54) is 5.69 Å². The molecular formula is C18H29N3O3. The molecule has 0 saturated carbocycles. The van der Waals surface area contributed by atoms with E-state index in [4.69, 9.17) is 9.47 Å². The predicted molar refractivity (Wildman–Crippen MR) is 94.9 cm³/mol. The van der Waals surface area contributed by atoms with E-state index in [0.29, 0.717) is 0 Å². The number of methoxy groups -OCH3 is 1. The van der Waals surface area contributed by atoms with Crippen LogP contribution in [-0.4, -0.2) is 93.7 Å². The molecule has 6 nitrogen and oxygen atoms in total. The molecule has 0 bridgehead atoms. The van der Waals surface area contributed by atoms with Gasteiger partial charge in [-0.3, -0.25) is 9.80 Å². The molecule has 2 aliphatic rings. The molecule has 0 spiro atoms. The lowest BCUT2D eigenvalue weighted by Crippen LogP contribution is -2.50. The average molecular weight is 335 g/mol. The molecule has 1 N–H and O–H groups in total. The van der Waals surface area contributed by atoms with Gasteiger partial charge in [0.05, 0.1) is 26.4 Å². The maximum absolute atomic E-state index is 10.4. The minimum Gasteiger partial charge on any atom is -0.497 e. The summed E-state index contributed by atoms with van der Waals surface area (Å²) in [5.74, 6) is 0.899. The summed E-state index contributed by atoms with van der Waals surface area (Å²) in [6.45, 7) is 8.87. The number of hydrogen-bond acceptors (Lipinski definition) is 6. The van der Waals surface area contributed by atoms with E-state index in [9.17, 15) is 5.11 Å². The molecule has 1 aromatic carbocycles. The molecule has 1 aromatic rings. The number of morpholine rings is 1. The molecule has 2 saturated heterocycles. The van der Waals surface area contributed by atoms with Crippen molar-refractivity contribution in [3.63, 3.8) is 0 Å². The van der Waals surface area contributed by atoms with Crippen molar-refractivity contribution in [2.24, 2.45) is 0 Å². The lowest BCUT2D eigenvalue weighted by atomic mass is 10.2. The Balaban J connectivity index is 1.42. The molecule has 2 fully saturated rings. The number of aliphatic hydroxyl groups is 1. The van der Waals surface area contributed by atoms with Gasteiger partial charge in [0.15, 0.2) is 0 Å². The number of benzene rings is 1. The van der Waals surface area contributed by atoms with Crippen LogP contribution >= 0.6 is 0 Å². The van der Waals surface area contributed by atoms with Crippen molar-refractivity contribution in [1.29, 1.82) is 0 Å². The molecule has 1 unspecified atom stereocenters. The number of piperazine rings is 1. The summed E-state index contributed by atoms with van der Waals surface area (Å²) < 4.78 is 10.7. The van der Waals surface area contributed by atoms with Crippen LogP contribution in [0.25, 0.3) is 0 Å². The second-order valence-electron chi connectivity index (χ2n) is 6.56. The highest BCUT2D eigenvalue weighted by Crippen LogP contribution is 2.22. The molecular weight excluding hydrogens is 306 g/mol. The third-order valence-electron chi connectivity index (χ3n) is 4.83. The smallest absolute Gasteiger partial charge is 0.120 e. The fourth-order valence-electron chi connectivity index (χ4n) is 3.43. The lowest BCUT2D eigenvalue weighted by Gasteiger charge is -2.37. The van der Waals surface area contributed by atoms with Crippen molar-refractivity contribution >= 4 is 5.69 Å². The van der Waals surface area contributed by atoms with Gasteiger partial charge < -0.3 is 19.5 Å². The van der Waals surface area contributed by atoms with Gasteiger partial charge in [0.2, 0.25) is 0 Å². The summed E-state index contributed by atoms with van der Waals surface area (Å²) in [4.78, 5) is 7.04. The number of anilines is 1. The van der Waals surface area contributed by atoms with Crippen molar-refractivity contribution in [2.75, 3.05) is 77.6 Å². The maximum atomic E-state index is 10.4. The second kappa shape index (κ2) is 8.67. The monoisotopic (exact) mass is 335 g/mol. The SMILES string of the molecule is COc1cccc(N2CCN(CC(O)CN3CCOCC3)CC2)c1. The van der Waals surface area contributed by atoms with Crippen LogP contribution in [0.5, 0.6) is 5.75 Å². The van der Waals surface area contributed by atoms with Crippen LogP contribution < -0.4 is 9.64 Å². The van der Waals surface area contributed by atoms with Gasteiger partial charge in [0.25, 0.3) is 0 Å². The molecule has 3 rings (SSSR count). The molecule has 2 aliphatic heterocycles. The normalized spacial score (nSPS) is 21.7. The number of rotatable bonds is 6. The molecule has 0 aliphatic carbocycles. The first-order chi connectivity index (χ1) is 11.7. The van der Waals surface area contributed by atoms with Gasteiger partial charge in [-0.15, -0.1) is 0 Å². The largest absolute Gasteiger partial charge is 0.497 e. The van der Waals surface area contributed by atoms with Crippen molar-refractivity contribution < 1.29 is 14.6 Å². The van der Waals surface area contributed by atoms with Gasteiger partial charge in [-0.2, -0.15) is 0 Å². The molecule has 2 heterocycles. The van der Waals surface area contributed by atoms with Crippen molar-refractivity contribution in [1.82, 2.24) is 9.80 Å². The predicted octanol–water partition coefficient (Wildman–Crippen LogP) is 0.510. The van der Waals surface area contributed by atoms with Crippen molar-refractivity contribution in [3.05, 3.63) is 24.3 Å². The van der Waals surface area contributed by atoms with Crippen molar-refractivity contribution in [3.8, 4) is 5.75 Å². The fraction of sp³-hybridized carbons (Fsp3) is 0.667. The summed E-state index contributed by atoms with van der Waals surface area (Å²) in [5, 5.41) is 10.4. The number of aliphatic hydroxyl groups excluding tert-OH is 1. The average Bonchev–Trinajstić information content (AvgIpc) is 2.63. The standard InChI is InChI=1S/C18H29N3O3/c1-23-18-4-2-3-16(13-18)21-7-5-19(6-8-21)14-17(22)15-20-9-11-24-12-10-20/h2-4,13,17,22H,5-12,14-15H2,1H3. The van der Waals surface area contributed by atoms with Crippen LogP contribution in [0.2, 0.25) is 0 Å². The van der Waals surface area contributed by atoms with Gasteiger partial charge in [-0.05, 0) is 12.1 Å². The molecule has 6 heteroatoms. The minimum absolute atomic E-state index is 0.286. The number of β-amino-alcohol motifs (C(OH)–C–C–N with tert-alkyl or cyclic N) is 1. The Morgan fingerprint density at radius 1 is 1.04 bits per heavy atom. The van der Waals surface area contributed by atoms with Gasteiger partial charge in [-0.25, -0.2) is 0 Å². The molecule has 24 heavy (non-hydrogen) atoms. The van der Waals surface area contributed by atoms with Gasteiger partial charge in [0.1, 0.15) is 5.75 Å². The van der Waals surface area contributed by atoms with E-state index in [1.807, 2.05) is 12.1 Å². The molecule has 1 atom stereocenters. The molecule has 0 aromatic heterocycles. The first-order valence-corrected chi connectivity index (χ1v) is 8.84. The van der Waals surface area contributed by atoms with E-state index < -0.39 is 0 Å². The Labute approximate surface area is 144 Å². The highest BCUT2D eigenvalue weighted by atomic mass is 16.5. The summed E-state index contributed by atoms with van der Waals surface area (Å²) in [7, 11) is 1.70. The zero-order valence-electron chi connectivity index (χ0n) is 14.6. The Morgan fingerprint density at radius 3 is 2.38 bits per heavy atom. The summed E-state index contributed by atoms with van der Waals surface area (Å²) in [5.41, 5.74) is 1.21.